The third-order valence-corrected chi connectivity index (χ3v) is 8.37. The maximum Gasteiger partial charge on any atom is 0.434 e. The van der Waals surface area contributed by atoms with Crippen molar-refractivity contribution in [3.8, 4) is 0 Å². The maximum atomic E-state index is 13.7. The molecule has 9 heteroatoms. The summed E-state index contributed by atoms with van der Waals surface area (Å²) in [4.78, 5) is 11.9. The van der Waals surface area contributed by atoms with Crippen LogP contribution in [0.3, 0.4) is 0 Å². The molecule has 4 rings (SSSR count). The molecule has 2 atom stereocenters. The minimum Gasteiger partial charge on any atom is -0.391 e. The highest BCUT2D eigenvalue weighted by Crippen LogP contribution is 2.42. The Morgan fingerprint density at radius 1 is 1.16 bits per heavy atom. The Morgan fingerprint density at radius 3 is 2.55 bits per heavy atom. The van der Waals surface area contributed by atoms with Gasteiger partial charge in [-0.05, 0) is 67.1 Å². The van der Waals surface area contributed by atoms with E-state index in [1.807, 2.05) is 39.8 Å². The van der Waals surface area contributed by atoms with Gasteiger partial charge in [0, 0.05) is 17.5 Å². The molecule has 0 saturated heterocycles. The molecule has 0 spiro atoms. The average molecular weight is 462 g/mol. The summed E-state index contributed by atoms with van der Waals surface area (Å²) in [5.41, 5.74) is 4.96. The van der Waals surface area contributed by atoms with Gasteiger partial charge in [-0.15, -0.1) is 5.10 Å². The van der Waals surface area contributed by atoms with Crippen LogP contribution in [-0.2, 0) is 16.4 Å². The number of benzene rings is 2. The second-order valence-electron chi connectivity index (χ2n) is 8.04. The van der Waals surface area contributed by atoms with Crippen molar-refractivity contribution in [2.24, 2.45) is 0 Å². The Bertz CT molecular complexity index is 1310. The van der Waals surface area contributed by atoms with E-state index in [9.17, 15) is 13.2 Å². The number of nitrogens with zero attached hydrogens (tertiary/aromatic N) is 2. The zero-order valence-electron chi connectivity index (χ0n) is 17.8. The second kappa shape index (κ2) is 7.93. The maximum absolute atomic E-state index is 13.7. The number of fused-ring (bicyclic) bond motifs is 1. The van der Waals surface area contributed by atoms with Crippen LogP contribution in [0.25, 0.3) is 0 Å². The number of H-pyrrole nitrogens is 1. The molecule has 0 aliphatic carbocycles. The topological polar surface area (TPSA) is 96.3 Å². The third kappa shape index (κ3) is 3.73. The molecular formula is C22H24ClN3O4S. The molecule has 164 valence electrons. The standard InChI is InChI=1S/C22H24ClN3O4S/c1-12-5-6-13(2)19(14(12)3)15(4)20(21-24-25-22(27)30-21)26-10-9-16-7-8-17(23)11-18(16)31(26,28)29/h5-8,11,15,20H,9-10H2,1-4H3,(H,25,27)/t15-,20+/m1/s1. The van der Waals surface area contributed by atoms with Gasteiger partial charge < -0.3 is 4.42 Å². The third-order valence-electron chi connectivity index (χ3n) is 6.17. The van der Waals surface area contributed by atoms with E-state index in [4.69, 9.17) is 16.0 Å². The molecule has 1 N–H and O–H groups in total. The summed E-state index contributed by atoms with van der Waals surface area (Å²) in [5, 5.41) is 6.65. The summed E-state index contributed by atoms with van der Waals surface area (Å²) in [6.07, 6.45) is 0.523. The fourth-order valence-corrected chi connectivity index (χ4v) is 6.70. The molecular weight excluding hydrogens is 438 g/mol. The Kier molecular flexibility index (Phi) is 5.57. The predicted molar refractivity (Wildman–Crippen MR) is 118 cm³/mol. The molecule has 0 saturated carbocycles. The molecule has 0 radical (unpaired) electrons. The van der Waals surface area contributed by atoms with E-state index >= 15 is 0 Å². The van der Waals surface area contributed by atoms with Crippen molar-refractivity contribution in [1.29, 1.82) is 0 Å². The van der Waals surface area contributed by atoms with E-state index in [1.165, 1.54) is 10.4 Å². The lowest BCUT2D eigenvalue weighted by Crippen LogP contribution is -2.42. The van der Waals surface area contributed by atoms with Gasteiger partial charge in [-0.3, -0.25) is 0 Å². The van der Waals surface area contributed by atoms with E-state index in [1.54, 1.807) is 12.1 Å². The minimum absolute atomic E-state index is 0.0480. The zero-order chi connectivity index (χ0) is 22.5. The Balaban J connectivity index is 1.90. The molecule has 7 nitrogen and oxygen atoms in total. The normalized spacial score (nSPS) is 17.8. The molecule has 1 aliphatic heterocycles. The number of aromatic nitrogens is 2. The molecule has 2 aromatic carbocycles. The first kappa shape index (κ1) is 21.8. The van der Waals surface area contributed by atoms with Crippen molar-refractivity contribution >= 4 is 21.6 Å². The molecule has 1 aromatic heterocycles. The second-order valence-corrected chi connectivity index (χ2v) is 10.3. The van der Waals surface area contributed by atoms with E-state index in [0.29, 0.717) is 11.4 Å². The van der Waals surface area contributed by atoms with E-state index in [2.05, 4.69) is 10.2 Å². The molecule has 1 aliphatic rings. The van der Waals surface area contributed by atoms with Crippen LogP contribution in [0.4, 0.5) is 0 Å². The predicted octanol–water partition coefficient (Wildman–Crippen LogP) is 4.03. The Morgan fingerprint density at radius 2 is 1.87 bits per heavy atom. The first-order valence-corrected chi connectivity index (χ1v) is 11.9. The Hall–Kier alpha value is -2.42. The number of aryl methyl sites for hydroxylation is 2. The van der Waals surface area contributed by atoms with E-state index < -0.39 is 21.8 Å². The summed E-state index contributed by atoms with van der Waals surface area (Å²) in [6.45, 7) is 8.22. The summed E-state index contributed by atoms with van der Waals surface area (Å²) in [7, 11) is -3.90. The number of sulfonamides is 1. The van der Waals surface area contributed by atoms with Gasteiger partial charge in [0.2, 0.25) is 15.9 Å². The first-order valence-electron chi connectivity index (χ1n) is 10.0. The molecule has 0 fully saturated rings. The fraction of sp³-hybridized carbons (Fsp3) is 0.364. The summed E-state index contributed by atoms with van der Waals surface area (Å²) in [5.74, 6) is -0.989. The minimum atomic E-state index is -3.90. The summed E-state index contributed by atoms with van der Waals surface area (Å²) in [6, 6.07) is 8.18. The number of halogens is 1. The summed E-state index contributed by atoms with van der Waals surface area (Å²) >= 11 is 6.11. The van der Waals surface area contributed by atoms with Crippen molar-refractivity contribution in [3.05, 3.63) is 79.6 Å². The van der Waals surface area contributed by atoms with Crippen LogP contribution in [0.1, 0.15) is 52.6 Å². The van der Waals surface area contributed by atoms with Gasteiger partial charge in [0.15, 0.2) is 0 Å². The van der Waals surface area contributed by atoms with Crippen molar-refractivity contribution in [1.82, 2.24) is 14.5 Å². The van der Waals surface area contributed by atoms with Gasteiger partial charge in [0.1, 0.15) is 6.04 Å². The van der Waals surface area contributed by atoms with Crippen LogP contribution in [0.2, 0.25) is 5.02 Å². The quantitative estimate of drug-likeness (QED) is 0.632. The number of hydrogen-bond donors (Lipinski definition) is 1. The highest BCUT2D eigenvalue weighted by molar-refractivity contribution is 7.89. The van der Waals surface area contributed by atoms with E-state index in [-0.39, 0.29) is 23.2 Å². The molecule has 0 unspecified atom stereocenters. The van der Waals surface area contributed by atoms with Crippen LogP contribution in [0.15, 0.2) is 44.4 Å². The lowest BCUT2D eigenvalue weighted by Gasteiger charge is -2.37. The van der Waals surface area contributed by atoms with Gasteiger partial charge in [-0.2, -0.15) is 4.31 Å². The smallest absolute Gasteiger partial charge is 0.391 e. The Labute approximate surface area is 186 Å². The molecule has 31 heavy (non-hydrogen) atoms. The van der Waals surface area contributed by atoms with Crippen molar-refractivity contribution < 1.29 is 12.8 Å². The lowest BCUT2D eigenvalue weighted by molar-refractivity contribution is 0.238. The molecule has 0 amide bonds. The van der Waals surface area contributed by atoms with Crippen molar-refractivity contribution in [3.63, 3.8) is 0 Å². The highest BCUT2D eigenvalue weighted by Gasteiger charge is 2.43. The van der Waals surface area contributed by atoms with Gasteiger partial charge in [-0.1, -0.05) is 36.7 Å². The van der Waals surface area contributed by atoms with Crippen LogP contribution in [-0.4, -0.2) is 29.5 Å². The molecule has 2 heterocycles. The van der Waals surface area contributed by atoms with Crippen LogP contribution in [0.5, 0.6) is 0 Å². The number of hydrogen-bond acceptors (Lipinski definition) is 5. The van der Waals surface area contributed by atoms with Gasteiger partial charge in [0.05, 0.1) is 4.90 Å². The van der Waals surface area contributed by atoms with Crippen LogP contribution < -0.4 is 5.76 Å². The number of nitrogens with one attached hydrogen (secondary N) is 1. The SMILES string of the molecule is Cc1ccc(C)c([C@@H](C)[C@@H](c2n[nH]c(=O)o2)N2CCc3ccc(Cl)cc3S2(=O)=O)c1C. The lowest BCUT2D eigenvalue weighted by atomic mass is 9.85. The van der Waals surface area contributed by atoms with Crippen LogP contribution in [0, 0.1) is 20.8 Å². The molecule has 3 aromatic rings. The average Bonchev–Trinajstić information content (AvgIpc) is 3.13. The van der Waals surface area contributed by atoms with Gasteiger partial charge >= 0.3 is 5.76 Å². The fourth-order valence-electron chi connectivity index (χ4n) is 4.53. The number of aromatic amines is 1. The summed E-state index contributed by atoms with van der Waals surface area (Å²) < 4.78 is 34.0. The van der Waals surface area contributed by atoms with E-state index in [0.717, 1.165) is 27.8 Å². The molecule has 0 bridgehead atoms. The van der Waals surface area contributed by atoms with Gasteiger partial charge in [-0.25, -0.2) is 18.3 Å². The highest BCUT2D eigenvalue weighted by atomic mass is 35.5. The monoisotopic (exact) mass is 461 g/mol. The first-order chi connectivity index (χ1) is 14.6. The van der Waals surface area contributed by atoms with Gasteiger partial charge in [0.25, 0.3) is 0 Å². The van der Waals surface area contributed by atoms with Crippen molar-refractivity contribution in [2.45, 2.75) is 51.0 Å². The largest absolute Gasteiger partial charge is 0.434 e. The number of rotatable bonds is 4. The zero-order valence-corrected chi connectivity index (χ0v) is 19.3. The van der Waals surface area contributed by atoms with Crippen LogP contribution >= 0.6 is 11.6 Å². The van der Waals surface area contributed by atoms with Crippen molar-refractivity contribution in [2.75, 3.05) is 6.54 Å².